The minimum Gasteiger partial charge on any atom is -0.411 e. The van der Waals surface area contributed by atoms with Crippen molar-refractivity contribution in [1.82, 2.24) is 5.06 Å². The Balaban J connectivity index is 1.49. The normalized spacial score (nSPS) is 14.6. The van der Waals surface area contributed by atoms with E-state index in [1.807, 2.05) is 24.2 Å². The van der Waals surface area contributed by atoms with Crippen molar-refractivity contribution in [2.75, 3.05) is 13.6 Å². The van der Waals surface area contributed by atoms with Crippen LogP contribution in [0.3, 0.4) is 0 Å². The molecule has 2 rings (SSSR count). The van der Waals surface area contributed by atoms with Gasteiger partial charge in [-0.1, -0.05) is 31.4 Å². The summed E-state index contributed by atoms with van der Waals surface area (Å²) in [5, 5.41) is 10.6. The van der Waals surface area contributed by atoms with E-state index < -0.39 is 0 Å². The minimum absolute atomic E-state index is 0.743. The third-order valence-electron chi connectivity index (χ3n) is 3.82. The SMILES string of the molecule is CN1CC=C(CCCCCCCc2ccc(C#N)cc2)O1. The van der Waals surface area contributed by atoms with Gasteiger partial charge >= 0.3 is 0 Å². The summed E-state index contributed by atoms with van der Waals surface area (Å²) in [6, 6.07) is 10.1. The van der Waals surface area contributed by atoms with E-state index in [1.165, 1.54) is 37.7 Å². The highest BCUT2D eigenvalue weighted by molar-refractivity contribution is 5.31. The fourth-order valence-corrected chi connectivity index (χ4v) is 2.56. The molecule has 0 atom stereocenters. The number of rotatable bonds is 8. The predicted molar refractivity (Wildman–Crippen MR) is 84.4 cm³/mol. The van der Waals surface area contributed by atoms with Crippen LogP contribution in [-0.4, -0.2) is 18.7 Å². The first kappa shape index (κ1) is 15.6. The van der Waals surface area contributed by atoms with E-state index in [1.54, 1.807) is 0 Å². The smallest absolute Gasteiger partial charge is 0.122 e. The first-order valence-corrected chi connectivity index (χ1v) is 7.85. The Bertz CT molecular complexity index is 499. The van der Waals surface area contributed by atoms with Gasteiger partial charge in [0, 0.05) is 13.5 Å². The maximum atomic E-state index is 8.75. The van der Waals surface area contributed by atoms with Crippen molar-refractivity contribution in [1.29, 1.82) is 5.26 Å². The highest BCUT2D eigenvalue weighted by Crippen LogP contribution is 2.17. The fraction of sp³-hybridized carbons (Fsp3) is 0.500. The van der Waals surface area contributed by atoms with E-state index in [0.717, 1.165) is 30.7 Å². The molecule has 3 nitrogen and oxygen atoms in total. The average Bonchev–Trinajstić information content (AvgIpc) is 2.92. The number of allylic oxidation sites excluding steroid dienone is 1. The lowest BCUT2D eigenvalue weighted by Crippen LogP contribution is -2.11. The largest absolute Gasteiger partial charge is 0.411 e. The molecule has 112 valence electrons. The van der Waals surface area contributed by atoms with Gasteiger partial charge in [0.25, 0.3) is 0 Å². The van der Waals surface area contributed by atoms with Crippen molar-refractivity contribution < 1.29 is 4.84 Å². The van der Waals surface area contributed by atoms with E-state index in [0.29, 0.717) is 0 Å². The second-order valence-electron chi connectivity index (χ2n) is 5.65. The third-order valence-corrected chi connectivity index (χ3v) is 3.82. The van der Waals surface area contributed by atoms with E-state index >= 15 is 0 Å². The lowest BCUT2D eigenvalue weighted by Gasteiger charge is -2.09. The molecule has 0 fully saturated rings. The zero-order valence-electron chi connectivity index (χ0n) is 12.8. The molecule has 1 aromatic carbocycles. The molecule has 0 saturated carbocycles. The molecule has 1 heterocycles. The van der Waals surface area contributed by atoms with Gasteiger partial charge in [-0.2, -0.15) is 5.26 Å². The molecule has 0 bridgehead atoms. The number of hydrogen-bond acceptors (Lipinski definition) is 3. The second kappa shape index (κ2) is 8.49. The number of unbranched alkanes of at least 4 members (excludes halogenated alkanes) is 4. The molecule has 0 aliphatic carbocycles. The van der Waals surface area contributed by atoms with Crippen LogP contribution in [0.2, 0.25) is 0 Å². The van der Waals surface area contributed by atoms with Crippen LogP contribution < -0.4 is 0 Å². The van der Waals surface area contributed by atoms with Gasteiger partial charge in [-0.05, 0) is 43.0 Å². The maximum Gasteiger partial charge on any atom is 0.122 e. The van der Waals surface area contributed by atoms with Gasteiger partial charge < -0.3 is 4.84 Å². The van der Waals surface area contributed by atoms with Crippen LogP contribution in [0.4, 0.5) is 0 Å². The zero-order valence-corrected chi connectivity index (χ0v) is 12.8. The molecule has 0 spiro atoms. The first-order chi connectivity index (χ1) is 10.3. The number of likely N-dealkylation sites (N-methyl/N-ethyl adjacent to an activating group) is 1. The van der Waals surface area contributed by atoms with Gasteiger partial charge in [-0.3, -0.25) is 0 Å². The molecular weight excluding hydrogens is 260 g/mol. The molecular formula is C18H24N2O. The van der Waals surface area contributed by atoms with Crippen molar-refractivity contribution >= 4 is 0 Å². The topological polar surface area (TPSA) is 36.3 Å². The molecule has 0 radical (unpaired) electrons. The Morgan fingerprint density at radius 3 is 2.33 bits per heavy atom. The van der Waals surface area contributed by atoms with E-state index in [2.05, 4.69) is 24.3 Å². The highest BCUT2D eigenvalue weighted by atomic mass is 16.7. The number of hydrogen-bond donors (Lipinski definition) is 0. The summed E-state index contributed by atoms with van der Waals surface area (Å²) in [6.45, 7) is 0.917. The number of hydroxylamine groups is 2. The maximum absolute atomic E-state index is 8.75. The van der Waals surface area contributed by atoms with Crippen molar-refractivity contribution in [3.8, 4) is 6.07 Å². The number of nitriles is 1. The summed E-state index contributed by atoms with van der Waals surface area (Å²) in [7, 11) is 1.96. The van der Waals surface area contributed by atoms with Crippen LogP contribution in [0.5, 0.6) is 0 Å². The quantitative estimate of drug-likeness (QED) is 0.671. The zero-order chi connectivity index (χ0) is 14.9. The average molecular weight is 284 g/mol. The van der Waals surface area contributed by atoms with Crippen molar-refractivity contribution in [2.24, 2.45) is 0 Å². The first-order valence-electron chi connectivity index (χ1n) is 7.85. The summed E-state index contributed by atoms with van der Waals surface area (Å²) in [5.41, 5.74) is 2.08. The van der Waals surface area contributed by atoms with Crippen LogP contribution >= 0.6 is 0 Å². The van der Waals surface area contributed by atoms with Crippen LogP contribution in [-0.2, 0) is 11.3 Å². The number of aryl methyl sites for hydroxylation is 1. The van der Waals surface area contributed by atoms with Crippen LogP contribution in [0.25, 0.3) is 0 Å². The highest BCUT2D eigenvalue weighted by Gasteiger charge is 2.10. The molecule has 1 aliphatic heterocycles. The minimum atomic E-state index is 0.743. The lowest BCUT2D eigenvalue weighted by molar-refractivity contribution is -0.0699. The summed E-state index contributed by atoms with van der Waals surface area (Å²) in [4.78, 5) is 5.54. The summed E-state index contributed by atoms with van der Waals surface area (Å²) in [5.74, 6) is 1.13. The standard InChI is InChI=1S/C18H24N2O/c1-20-14-13-18(21-20)8-6-4-2-3-5-7-16-9-11-17(15-19)12-10-16/h9-13H,2-8,14H2,1H3. The van der Waals surface area contributed by atoms with Gasteiger partial charge in [-0.25, -0.2) is 0 Å². The van der Waals surface area contributed by atoms with Gasteiger partial charge in [-0.15, -0.1) is 5.06 Å². The van der Waals surface area contributed by atoms with E-state index in [9.17, 15) is 0 Å². The summed E-state index contributed by atoms with van der Waals surface area (Å²) >= 11 is 0. The number of benzene rings is 1. The van der Waals surface area contributed by atoms with Crippen molar-refractivity contribution in [3.63, 3.8) is 0 Å². The number of nitrogens with zero attached hydrogens (tertiary/aromatic N) is 2. The monoisotopic (exact) mass is 284 g/mol. The molecule has 0 N–H and O–H groups in total. The summed E-state index contributed by atoms with van der Waals surface area (Å²) < 4.78 is 0. The van der Waals surface area contributed by atoms with E-state index in [4.69, 9.17) is 10.1 Å². The van der Waals surface area contributed by atoms with Crippen LogP contribution in [0.1, 0.15) is 49.7 Å². The Kier molecular flexibility index (Phi) is 6.30. The second-order valence-corrected chi connectivity index (χ2v) is 5.65. The molecule has 1 aromatic rings. The van der Waals surface area contributed by atoms with Crippen molar-refractivity contribution in [3.05, 3.63) is 47.2 Å². The van der Waals surface area contributed by atoms with Gasteiger partial charge in [0.2, 0.25) is 0 Å². The molecule has 0 unspecified atom stereocenters. The lowest BCUT2D eigenvalue weighted by atomic mass is 10.0. The van der Waals surface area contributed by atoms with Crippen LogP contribution in [0, 0.1) is 11.3 Å². The molecule has 0 saturated heterocycles. The Hall–Kier alpha value is -1.79. The van der Waals surface area contributed by atoms with Gasteiger partial charge in [0.1, 0.15) is 5.76 Å². The Morgan fingerprint density at radius 1 is 1.05 bits per heavy atom. The molecule has 3 heteroatoms. The molecule has 0 aromatic heterocycles. The summed E-state index contributed by atoms with van der Waals surface area (Å²) in [6.07, 6.45) is 10.6. The third kappa shape index (κ3) is 5.61. The van der Waals surface area contributed by atoms with E-state index in [-0.39, 0.29) is 0 Å². The Morgan fingerprint density at radius 2 is 1.71 bits per heavy atom. The fourth-order valence-electron chi connectivity index (χ4n) is 2.56. The molecule has 21 heavy (non-hydrogen) atoms. The van der Waals surface area contributed by atoms with Crippen molar-refractivity contribution in [2.45, 2.75) is 44.9 Å². The molecule has 1 aliphatic rings. The van der Waals surface area contributed by atoms with Crippen LogP contribution in [0.15, 0.2) is 36.1 Å². The predicted octanol–water partition coefficient (Wildman–Crippen LogP) is 4.20. The Labute approximate surface area is 127 Å². The molecule has 0 amide bonds. The van der Waals surface area contributed by atoms with Gasteiger partial charge in [0.05, 0.1) is 18.2 Å². The van der Waals surface area contributed by atoms with Gasteiger partial charge in [0.15, 0.2) is 0 Å².